The highest BCUT2D eigenvalue weighted by Gasteiger charge is 2.38. The zero-order chi connectivity index (χ0) is 13.5. The lowest BCUT2D eigenvalue weighted by atomic mass is 9.64. The molecular weight excluding hydrogens is 306 g/mol. The molecule has 3 nitrogen and oxygen atoms in total. The molecule has 0 unspecified atom stereocenters. The van der Waals surface area contributed by atoms with Gasteiger partial charge in [-0.2, -0.15) is 0 Å². The lowest BCUT2D eigenvalue weighted by Crippen LogP contribution is -2.41. The highest BCUT2D eigenvalue weighted by atomic mass is 79.9. The van der Waals surface area contributed by atoms with E-state index >= 15 is 0 Å². The minimum absolute atomic E-state index is 0.147. The van der Waals surface area contributed by atoms with E-state index in [-0.39, 0.29) is 5.41 Å². The first-order valence-corrected chi connectivity index (χ1v) is 7.72. The van der Waals surface area contributed by atoms with Gasteiger partial charge in [0, 0.05) is 12.0 Å². The molecule has 0 aromatic heterocycles. The van der Waals surface area contributed by atoms with Gasteiger partial charge in [0.2, 0.25) is 0 Å². The molecule has 0 atom stereocenters. The summed E-state index contributed by atoms with van der Waals surface area (Å²) in [6.45, 7) is 0.700. The summed E-state index contributed by atoms with van der Waals surface area (Å²) in [7, 11) is 1.70. The number of hydrogen-bond acceptors (Lipinski definition) is 3. The molecule has 0 heterocycles. The quantitative estimate of drug-likeness (QED) is 0.902. The van der Waals surface area contributed by atoms with E-state index in [4.69, 9.17) is 15.2 Å². The molecule has 2 fully saturated rings. The maximum atomic E-state index is 5.98. The highest BCUT2D eigenvalue weighted by molar-refractivity contribution is 9.10. The minimum atomic E-state index is 0.147. The van der Waals surface area contributed by atoms with Crippen LogP contribution >= 0.6 is 15.9 Å². The predicted molar refractivity (Wildman–Crippen MR) is 78.9 cm³/mol. The third-order valence-electron chi connectivity index (χ3n) is 4.35. The summed E-state index contributed by atoms with van der Waals surface area (Å²) < 4.78 is 12.4. The second-order valence-electron chi connectivity index (χ2n) is 5.64. The molecule has 1 aromatic carbocycles. The second-order valence-corrected chi connectivity index (χ2v) is 6.50. The van der Waals surface area contributed by atoms with Crippen molar-refractivity contribution in [2.75, 3.05) is 13.7 Å². The maximum absolute atomic E-state index is 5.98. The van der Waals surface area contributed by atoms with Crippen LogP contribution in [0.3, 0.4) is 0 Å². The zero-order valence-corrected chi connectivity index (χ0v) is 12.8. The monoisotopic (exact) mass is 325 g/mol. The summed E-state index contributed by atoms with van der Waals surface area (Å²) >= 11 is 3.62. The van der Waals surface area contributed by atoms with Gasteiger partial charge in [-0.1, -0.05) is 6.42 Å². The van der Waals surface area contributed by atoms with Crippen molar-refractivity contribution in [1.29, 1.82) is 0 Å². The second kappa shape index (κ2) is 4.98. The van der Waals surface area contributed by atoms with Crippen molar-refractivity contribution in [3.63, 3.8) is 0 Å². The lowest BCUT2D eigenvalue weighted by Gasteiger charge is -2.41. The number of nitrogens with two attached hydrogens (primary N) is 1. The van der Waals surface area contributed by atoms with E-state index in [0.29, 0.717) is 12.6 Å². The normalized spacial score (nSPS) is 20.8. The molecule has 2 aliphatic carbocycles. The van der Waals surface area contributed by atoms with E-state index in [1.807, 2.05) is 0 Å². The smallest absolute Gasteiger partial charge is 0.175 e. The van der Waals surface area contributed by atoms with Crippen molar-refractivity contribution >= 4 is 15.9 Å². The van der Waals surface area contributed by atoms with Crippen molar-refractivity contribution in [1.82, 2.24) is 0 Å². The van der Waals surface area contributed by atoms with Crippen molar-refractivity contribution < 1.29 is 9.47 Å². The first-order chi connectivity index (χ1) is 9.18. The molecule has 0 spiro atoms. The van der Waals surface area contributed by atoms with E-state index in [1.54, 1.807) is 7.11 Å². The van der Waals surface area contributed by atoms with E-state index in [0.717, 1.165) is 28.8 Å². The van der Waals surface area contributed by atoms with Crippen LogP contribution in [0.5, 0.6) is 11.5 Å². The Kier molecular flexibility index (Phi) is 3.48. The Labute approximate surface area is 122 Å². The summed E-state index contributed by atoms with van der Waals surface area (Å²) in [5, 5.41) is 0. The molecule has 0 radical (unpaired) electrons. The average molecular weight is 326 g/mol. The number of rotatable bonds is 5. The predicted octanol–water partition coefficient (Wildman–Crippen LogP) is 3.38. The SMILES string of the molecule is COc1cc(C2(CN)CCC2)cc(Br)c1OC1CC1. The van der Waals surface area contributed by atoms with E-state index in [1.165, 1.54) is 24.8 Å². The molecule has 0 amide bonds. The van der Waals surface area contributed by atoms with Crippen molar-refractivity contribution in [3.05, 3.63) is 22.2 Å². The van der Waals surface area contributed by atoms with Crippen LogP contribution in [0, 0.1) is 0 Å². The first kappa shape index (κ1) is 13.3. The Balaban J connectivity index is 1.96. The molecular formula is C15H20BrNO2. The topological polar surface area (TPSA) is 44.5 Å². The summed E-state index contributed by atoms with van der Waals surface area (Å²) in [5.41, 5.74) is 7.40. The first-order valence-electron chi connectivity index (χ1n) is 6.93. The summed E-state index contributed by atoms with van der Waals surface area (Å²) in [6, 6.07) is 4.26. The fourth-order valence-corrected chi connectivity index (χ4v) is 3.24. The van der Waals surface area contributed by atoms with Crippen molar-refractivity contribution in [3.8, 4) is 11.5 Å². The van der Waals surface area contributed by atoms with Gasteiger partial charge in [0.15, 0.2) is 11.5 Å². The number of ether oxygens (including phenoxy) is 2. The van der Waals surface area contributed by atoms with Gasteiger partial charge < -0.3 is 15.2 Å². The molecule has 104 valence electrons. The minimum Gasteiger partial charge on any atom is -0.493 e. The Morgan fingerprint density at radius 3 is 2.58 bits per heavy atom. The molecule has 3 rings (SSSR count). The van der Waals surface area contributed by atoms with Crippen LogP contribution in [-0.2, 0) is 5.41 Å². The van der Waals surface area contributed by atoms with Gasteiger partial charge in [-0.15, -0.1) is 0 Å². The number of benzene rings is 1. The summed E-state index contributed by atoms with van der Waals surface area (Å²) in [5.74, 6) is 1.65. The van der Waals surface area contributed by atoms with E-state index in [9.17, 15) is 0 Å². The Morgan fingerprint density at radius 1 is 1.37 bits per heavy atom. The molecule has 2 aliphatic rings. The van der Waals surface area contributed by atoms with Crippen LogP contribution in [0.1, 0.15) is 37.7 Å². The van der Waals surface area contributed by atoms with E-state index in [2.05, 4.69) is 28.1 Å². The van der Waals surface area contributed by atoms with Crippen LogP contribution in [-0.4, -0.2) is 19.8 Å². The molecule has 0 saturated heterocycles. The largest absolute Gasteiger partial charge is 0.493 e. The van der Waals surface area contributed by atoms with Crippen LogP contribution in [0.4, 0.5) is 0 Å². The van der Waals surface area contributed by atoms with Gasteiger partial charge in [0.1, 0.15) is 0 Å². The fourth-order valence-electron chi connectivity index (χ4n) is 2.71. The lowest BCUT2D eigenvalue weighted by molar-refractivity contribution is 0.249. The van der Waals surface area contributed by atoms with Gasteiger partial charge in [0.25, 0.3) is 0 Å². The Morgan fingerprint density at radius 2 is 2.11 bits per heavy atom. The molecule has 2 saturated carbocycles. The van der Waals surface area contributed by atoms with Crippen LogP contribution in [0.2, 0.25) is 0 Å². The number of halogens is 1. The van der Waals surface area contributed by atoms with Gasteiger partial charge in [-0.3, -0.25) is 0 Å². The van der Waals surface area contributed by atoms with Crippen LogP contribution < -0.4 is 15.2 Å². The fraction of sp³-hybridized carbons (Fsp3) is 0.600. The van der Waals surface area contributed by atoms with Gasteiger partial charge >= 0.3 is 0 Å². The third-order valence-corrected chi connectivity index (χ3v) is 4.94. The zero-order valence-electron chi connectivity index (χ0n) is 11.2. The van der Waals surface area contributed by atoms with Gasteiger partial charge in [0.05, 0.1) is 17.7 Å². The molecule has 0 aliphatic heterocycles. The summed E-state index contributed by atoms with van der Waals surface area (Å²) in [6.07, 6.45) is 6.25. The average Bonchev–Trinajstić information content (AvgIpc) is 3.15. The standard InChI is InChI=1S/C15H20BrNO2/c1-18-13-8-10(15(9-17)5-2-6-15)7-12(16)14(13)19-11-3-4-11/h7-8,11H,2-6,9,17H2,1H3. The summed E-state index contributed by atoms with van der Waals surface area (Å²) in [4.78, 5) is 0. The number of hydrogen-bond donors (Lipinski definition) is 1. The molecule has 0 bridgehead atoms. The Bertz CT molecular complexity index is 476. The van der Waals surface area contributed by atoms with Crippen molar-refractivity contribution in [2.24, 2.45) is 5.73 Å². The van der Waals surface area contributed by atoms with Crippen LogP contribution in [0.25, 0.3) is 0 Å². The molecule has 2 N–H and O–H groups in total. The molecule has 1 aromatic rings. The number of methoxy groups -OCH3 is 1. The maximum Gasteiger partial charge on any atom is 0.175 e. The third kappa shape index (κ3) is 2.36. The highest BCUT2D eigenvalue weighted by Crippen LogP contribution is 2.48. The van der Waals surface area contributed by atoms with Gasteiger partial charge in [-0.05, 0) is 59.3 Å². The van der Waals surface area contributed by atoms with Crippen molar-refractivity contribution in [2.45, 2.75) is 43.6 Å². The molecule has 19 heavy (non-hydrogen) atoms. The Hall–Kier alpha value is -0.740. The van der Waals surface area contributed by atoms with Gasteiger partial charge in [-0.25, -0.2) is 0 Å². The van der Waals surface area contributed by atoms with E-state index < -0.39 is 0 Å². The van der Waals surface area contributed by atoms with Crippen LogP contribution in [0.15, 0.2) is 16.6 Å². The molecule has 4 heteroatoms.